The van der Waals surface area contributed by atoms with E-state index in [0.717, 1.165) is 82.0 Å². The number of rotatable bonds is 5. The van der Waals surface area contributed by atoms with Crippen LogP contribution in [-0.4, -0.2) is 95.1 Å². The van der Waals surface area contributed by atoms with E-state index in [0.29, 0.717) is 0 Å². The van der Waals surface area contributed by atoms with Crippen molar-refractivity contribution in [2.75, 3.05) is 80.2 Å². The van der Waals surface area contributed by atoms with Crippen LogP contribution in [0.5, 0.6) is 0 Å². The number of β-amino-alcohol motifs (C(OH)–C–C–N with tert-alkyl or cyclic N) is 1. The van der Waals surface area contributed by atoms with Gasteiger partial charge in [0.25, 0.3) is 0 Å². The normalized spacial score (nSPS) is 18.4. The summed E-state index contributed by atoms with van der Waals surface area (Å²) in [4.78, 5) is 18.7. The minimum atomic E-state index is 0.217. The van der Waals surface area contributed by atoms with E-state index in [1.807, 2.05) is 35.1 Å². The molecular formula is C21H28N8O. The Morgan fingerprint density at radius 1 is 0.800 bits per heavy atom. The zero-order chi connectivity index (χ0) is 20.3. The Morgan fingerprint density at radius 3 is 2.27 bits per heavy atom. The first-order valence-corrected chi connectivity index (χ1v) is 10.7. The average Bonchev–Trinajstić information content (AvgIpc) is 3.29. The predicted molar refractivity (Wildman–Crippen MR) is 117 cm³/mol. The SMILES string of the molecule is OCCN1CCN(c2cc(N3CCN(c4ccccn4)CC3)n3nccc3n2)CC1. The van der Waals surface area contributed by atoms with Crippen LogP contribution in [0.15, 0.2) is 42.7 Å². The molecule has 0 radical (unpaired) electrons. The lowest BCUT2D eigenvalue weighted by Crippen LogP contribution is -2.48. The lowest BCUT2D eigenvalue weighted by atomic mass is 10.2. The molecule has 0 saturated carbocycles. The Kier molecular flexibility index (Phi) is 5.37. The Labute approximate surface area is 176 Å². The van der Waals surface area contributed by atoms with Crippen molar-refractivity contribution in [3.63, 3.8) is 0 Å². The lowest BCUT2D eigenvalue weighted by molar-refractivity contribution is 0.188. The molecule has 9 heteroatoms. The minimum Gasteiger partial charge on any atom is -0.395 e. The molecule has 5 heterocycles. The molecule has 5 rings (SSSR count). The molecule has 2 aliphatic rings. The number of pyridine rings is 1. The molecule has 158 valence electrons. The van der Waals surface area contributed by atoms with Gasteiger partial charge in [-0.1, -0.05) is 6.07 Å². The van der Waals surface area contributed by atoms with Crippen molar-refractivity contribution in [1.82, 2.24) is 24.5 Å². The smallest absolute Gasteiger partial charge is 0.159 e. The highest BCUT2D eigenvalue weighted by Gasteiger charge is 2.23. The van der Waals surface area contributed by atoms with Gasteiger partial charge in [-0.05, 0) is 12.1 Å². The maximum absolute atomic E-state index is 9.18. The van der Waals surface area contributed by atoms with Crippen molar-refractivity contribution in [3.8, 4) is 0 Å². The van der Waals surface area contributed by atoms with Crippen LogP contribution in [0.2, 0.25) is 0 Å². The van der Waals surface area contributed by atoms with Gasteiger partial charge in [0.1, 0.15) is 17.5 Å². The second kappa shape index (κ2) is 8.45. The third-order valence-electron chi connectivity index (χ3n) is 6.02. The molecule has 2 fully saturated rings. The molecule has 0 spiro atoms. The summed E-state index contributed by atoms with van der Waals surface area (Å²) >= 11 is 0. The van der Waals surface area contributed by atoms with Crippen molar-refractivity contribution >= 4 is 23.1 Å². The Morgan fingerprint density at radius 2 is 1.53 bits per heavy atom. The van der Waals surface area contributed by atoms with Gasteiger partial charge in [-0.25, -0.2) is 9.97 Å². The van der Waals surface area contributed by atoms with E-state index in [-0.39, 0.29) is 6.61 Å². The molecule has 0 amide bonds. The van der Waals surface area contributed by atoms with Crippen LogP contribution >= 0.6 is 0 Å². The van der Waals surface area contributed by atoms with E-state index in [1.165, 1.54) is 0 Å². The standard InChI is InChI=1S/C21H28N8O/c30-16-15-25-7-9-27(10-8-25)20-17-21(29-19(24-20)4-6-23-29)28-13-11-26(12-14-28)18-3-1-2-5-22-18/h1-6,17,30H,7-16H2. The zero-order valence-electron chi connectivity index (χ0n) is 17.1. The monoisotopic (exact) mass is 408 g/mol. The molecule has 2 aliphatic heterocycles. The molecule has 3 aromatic heterocycles. The van der Waals surface area contributed by atoms with Gasteiger partial charge in [0.2, 0.25) is 0 Å². The van der Waals surface area contributed by atoms with Gasteiger partial charge in [0.05, 0.1) is 12.8 Å². The van der Waals surface area contributed by atoms with E-state index in [2.05, 4.69) is 41.8 Å². The second-order valence-electron chi connectivity index (χ2n) is 7.79. The van der Waals surface area contributed by atoms with Gasteiger partial charge >= 0.3 is 0 Å². The largest absolute Gasteiger partial charge is 0.395 e. The molecule has 1 N–H and O–H groups in total. The minimum absolute atomic E-state index is 0.217. The van der Waals surface area contributed by atoms with Gasteiger partial charge < -0.3 is 19.8 Å². The fraction of sp³-hybridized carbons (Fsp3) is 0.476. The molecule has 0 aliphatic carbocycles. The van der Waals surface area contributed by atoms with Crippen LogP contribution in [0.4, 0.5) is 17.5 Å². The number of anilines is 3. The summed E-state index contributed by atoms with van der Waals surface area (Å²) in [6, 6.07) is 10.2. The van der Waals surface area contributed by atoms with Gasteiger partial charge in [-0.2, -0.15) is 9.61 Å². The molecule has 30 heavy (non-hydrogen) atoms. The molecule has 0 aromatic carbocycles. The van der Waals surface area contributed by atoms with Gasteiger partial charge in [-0.3, -0.25) is 4.90 Å². The first kappa shape index (κ1) is 19.1. The molecule has 0 unspecified atom stereocenters. The van der Waals surface area contributed by atoms with Crippen molar-refractivity contribution in [2.45, 2.75) is 0 Å². The van der Waals surface area contributed by atoms with Crippen LogP contribution < -0.4 is 14.7 Å². The number of fused-ring (bicyclic) bond motifs is 1. The summed E-state index contributed by atoms with van der Waals surface area (Å²) in [7, 11) is 0. The van der Waals surface area contributed by atoms with Crippen LogP contribution in [0.3, 0.4) is 0 Å². The maximum Gasteiger partial charge on any atom is 0.159 e. The van der Waals surface area contributed by atoms with Crippen molar-refractivity contribution in [2.24, 2.45) is 0 Å². The summed E-state index contributed by atoms with van der Waals surface area (Å²) in [5.74, 6) is 3.14. The van der Waals surface area contributed by atoms with Crippen LogP contribution in [-0.2, 0) is 0 Å². The molecule has 3 aromatic rings. The summed E-state index contributed by atoms with van der Waals surface area (Å²) in [6.07, 6.45) is 3.67. The number of aliphatic hydroxyl groups excluding tert-OH is 1. The second-order valence-corrected chi connectivity index (χ2v) is 7.79. The predicted octanol–water partition coefficient (Wildman–Crippen LogP) is 0.565. The van der Waals surface area contributed by atoms with E-state index in [4.69, 9.17) is 4.98 Å². The third kappa shape index (κ3) is 3.78. The molecule has 0 atom stereocenters. The topological polar surface area (TPSA) is 76.3 Å². The van der Waals surface area contributed by atoms with Crippen LogP contribution in [0, 0.1) is 0 Å². The van der Waals surface area contributed by atoms with Gasteiger partial charge in [0.15, 0.2) is 5.65 Å². The highest BCUT2D eigenvalue weighted by atomic mass is 16.3. The van der Waals surface area contributed by atoms with E-state index >= 15 is 0 Å². The molecular weight excluding hydrogens is 380 g/mol. The Bertz CT molecular complexity index is 962. The number of piperazine rings is 2. The summed E-state index contributed by atoms with van der Waals surface area (Å²) in [6.45, 7) is 8.39. The number of aromatic nitrogens is 4. The Balaban J connectivity index is 1.34. The first-order chi connectivity index (χ1) is 14.8. The highest BCUT2D eigenvalue weighted by molar-refractivity contribution is 5.60. The van der Waals surface area contributed by atoms with Crippen molar-refractivity contribution in [3.05, 3.63) is 42.7 Å². The summed E-state index contributed by atoms with van der Waals surface area (Å²) in [5, 5.41) is 13.7. The number of hydrogen-bond donors (Lipinski definition) is 1. The molecule has 2 saturated heterocycles. The molecule has 0 bridgehead atoms. The average molecular weight is 409 g/mol. The fourth-order valence-electron chi connectivity index (χ4n) is 4.32. The quantitative estimate of drug-likeness (QED) is 0.657. The number of aliphatic hydroxyl groups is 1. The van der Waals surface area contributed by atoms with E-state index in [9.17, 15) is 5.11 Å². The Hall–Kier alpha value is -2.91. The molecule has 9 nitrogen and oxygen atoms in total. The lowest BCUT2D eigenvalue weighted by Gasteiger charge is -2.38. The summed E-state index contributed by atoms with van der Waals surface area (Å²) in [5.41, 5.74) is 0.882. The maximum atomic E-state index is 9.18. The van der Waals surface area contributed by atoms with E-state index < -0.39 is 0 Å². The first-order valence-electron chi connectivity index (χ1n) is 10.7. The van der Waals surface area contributed by atoms with Crippen LogP contribution in [0.25, 0.3) is 5.65 Å². The third-order valence-corrected chi connectivity index (χ3v) is 6.02. The number of nitrogens with zero attached hydrogens (tertiary/aromatic N) is 8. The highest BCUT2D eigenvalue weighted by Crippen LogP contribution is 2.25. The van der Waals surface area contributed by atoms with Crippen molar-refractivity contribution in [1.29, 1.82) is 0 Å². The van der Waals surface area contributed by atoms with Gasteiger partial charge in [0, 0.05) is 77.2 Å². The van der Waals surface area contributed by atoms with Crippen molar-refractivity contribution < 1.29 is 5.11 Å². The fourth-order valence-corrected chi connectivity index (χ4v) is 4.32. The number of hydrogen-bond acceptors (Lipinski definition) is 8. The van der Waals surface area contributed by atoms with Gasteiger partial charge in [-0.15, -0.1) is 0 Å². The van der Waals surface area contributed by atoms with Crippen LogP contribution in [0.1, 0.15) is 0 Å². The van der Waals surface area contributed by atoms with E-state index in [1.54, 1.807) is 0 Å². The zero-order valence-corrected chi connectivity index (χ0v) is 17.1. The summed E-state index contributed by atoms with van der Waals surface area (Å²) < 4.78 is 1.95.